The normalized spacial score (nSPS) is 27.5. The van der Waals surface area contributed by atoms with Crippen molar-refractivity contribution in [2.24, 2.45) is 0 Å². The van der Waals surface area contributed by atoms with Gasteiger partial charge < -0.3 is 10.1 Å². The highest BCUT2D eigenvalue weighted by Gasteiger charge is 2.34. The Morgan fingerprint density at radius 2 is 1.71 bits per heavy atom. The van der Waals surface area contributed by atoms with Crippen molar-refractivity contribution >= 4 is 0 Å². The maximum atomic E-state index is 6.17. The van der Waals surface area contributed by atoms with E-state index in [0.717, 1.165) is 29.8 Å². The van der Waals surface area contributed by atoms with E-state index in [4.69, 9.17) is 4.74 Å². The van der Waals surface area contributed by atoms with Gasteiger partial charge in [0.1, 0.15) is 11.9 Å². The Morgan fingerprint density at radius 3 is 2.38 bits per heavy atom. The van der Waals surface area contributed by atoms with E-state index in [-0.39, 0.29) is 0 Å². The SMILES string of the molecule is c1ccc(-c2ccc(OC3CC4CCC(C3)N4)cc2)nc1. The molecule has 108 valence electrons. The summed E-state index contributed by atoms with van der Waals surface area (Å²) in [5, 5.41) is 3.65. The number of pyridine rings is 1. The third kappa shape index (κ3) is 2.79. The van der Waals surface area contributed by atoms with Crippen LogP contribution in [0, 0.1) is 0 Å². The zero-order valence-electron chi connectivity index (χ0n) is 12.0. The van der Waals surface area contributed by atoms with Gasteiger partial charge in [0.2, 0.25) is 0 Å². The van der Waals surface area contributed by atoms with Crippen LogP contribution in [0.4, 0.5) is 0 Å². The summed E-state index contributed by atoms with van der Waals surface area (Å²) in [7, 11) is 0. The standard InChI is InChI=1S/C18H20N2O/c1-2-10-19-18(3-1)13-4-8-16(9-5-13)21-17-11-14-6-7-15(12-17)20-14/h1-5,8-10,14-15,17,20H,6-7,11-12H2. The van der Waals surface area contributed by atoms with Crippen molar-refractivity contribution in [1.82, 2.24) is 10.3 Å². The van der Waals surface area contributed by atoms with Crippen LogP contribution in [-0.4, -0.2) is 23.2 Å². The topological polar surface area (TPSA) is 34.1 Å². The van der Waals surface area contributed by atoms with Crippen LogP contribution in [0.1, 0.15) is 25.7 Å². The summed E-state index contributed by atoms with van der Waals surface area (Å²) in [5.41, 5.74) is 2.14. The molecule has 0 aliphatic carbocycles. The van der Waals surface area contributed by atoms with E-state index >= 15 is 0 Å². The third-order valence-electron chi connectivity index (χ3n) is 4.55. The number of nitrogens with zero attached hydrogens (tertiary/aromatic N) is 1. The van der Waals surface area contributed by atoms with Gasteiger partial charge in [-0.2, -0.15) is 0 Å². The highest BCUT2D eigenvalue weighted by molar-refractivity contribution is 5.59. The smallest absolute Gasteiger partial charge is 0.119 e. The second-order valence-electron chi connectivity index (χ2n) is 6.09. The van der Waals surface area contributed by atoms with Crippen LogP contribution in [0.5, 0.6) is 5.75 Å². The van der Waals surface area contributed by atoms with Gasteiger partial charge in [-0.3, -0.25) is 4.98 Å². The summed E-state index contributed by atoms with van der Waals surface area (Å²) in [6, 6.07) is 15.6. The Kier molecular flexibility index (Phi) is 3.36. The molecule has 3 heteroatoms. The lowest BCUT2D eigenvalue weighted by Gasteiger charge is -2.29. The van der Waals surface area contributed by atoms with Crippen molar-refractivity contribution < 1.29 is 4.74 Å². The quantitative estimate of drug-likeness (QED) is 0.935. The number of piperidine rings is 1. The largest absolute Gasteiger partial charge is 0.490 e. The summed E-state index contributed by atoms with van der Waals surface area (Å²) < 4.78 is 6.17. The highest BCUT2D eigenvalue weighted by Crippen LogP contribution is 2.30. The van der Waals surface area contributed by atoms with Crippen molar-refractivity contribution in [3.05, 3.63) is 48.7 Å². The van der Waals surface area contributed by atoms with Crippen LogP contribution in [0.2, 0.25) is 0 Å². The van der Waals surface area contributed by atoms with E-state index < -0.39 is 0 Å². The zero-order chi connectivity index (χ0) is 14.1. The molecule has 21 heavy (non-hydrogen) atoms. The Bertz CT molecular complexity index is 584. The molecule has 1 aromatic carbocycles. The molecule has 1 N–H and O–H groups in total. The molecule has 0 amide bonds. The number of hydrogen-bond donors (Lipinski definition) is 1. The summed E-state index contributed by atoms with van der Waals surface area (Å²) in [6.45, 7) is 0. The maximum Gasteiger partial charge on any atom is 0.119 e. The average Bonchev–Trinajstić information content (AvgIpc) is 2.88. The monoisotopic (exact) mass is 280 g/mol. The Labute approximate surface area is 125 Å². The summed E-state index contributed by atoms with van der Waals surface area (Å²) in [4.78, 5) is 4.37. The number of aromatic nitrogens is 1. The van der Waals surface area contributed by atoms with Gasteiger partial charge in [0, 0.05) is 23.8 Å². The molecule has 4 rings (SSSR count). The Hall–Kier alpha value is -1.87. The predicted octanol–water partition coefficient (Wildman–Crippen LogP) is 3.41. The molecule has 2 unspecified atom stereocenters. The van der Waals surface area contributed by atoms with Gasteiger partial charge in [0.05, 0.1) is 5.69 Å². The number of hydrogen-bond acceptors (Lipinski definition) is 3. The minimum absolute atomic E-state index is 0.365. The minimum atomic E-state index is 0.365. The molecule has 3 heterocycles. The molecular weight excluding hydrogens is 260 g/mol. The minimum Gasteiger partial charge on any atom is -0.490 e. The van der Waals surface area contributed by atoms with Crippen LogP contribution in [-0.2, 0) is 0 Å². The van der Waals surface area contributed by atoms with E-state index in [1.807, 2.05) is 24.4 Å². The van der Waals surface area contributed by atoms with E-state index in [2.05, 4.69) is 34.6 Å². The molecule has 3 nitrogen and oxygen atoms in total. The van der Waals surface area contributed by atoms with Gasteiger partial charge in [-0.05, 0) is 62.1 Å². The van der Waals surface area contributed by atoms with Gasteiger partial charge in [-0.15, -0.1) is 0 Å². The first-order valence-corrected chi connectivity index (χ1v) is 7.81. The van der Waals surface area contributed by atoms with Crippen molar-refractivity contribution in [1.29, 1.82) is 0 Å². The van der Waals surface area contributed by atoms with Gasteiger partial charge in [0.25, 0.3) is 0 Å². The average molecular weight is 280 g/mol. The first kappa shape index (κ1) is 12.8. The van der Waals surface area contributed by atoms with E-state index in [0.29, 0.717) is 18.2 Å². The number of ether oxygens (including phenoxy) is 1. The third-order valence-corrected chi connectivity index (χ3v) is 4.55. The zero-order valence-corrected chi connectivity index (χ0v) is 12.0. The van der Waals surface area contributed by atoms with Gasteiger partial charge in [-0.25, -0.2) is 0 Å². The van der Waals surface area contributed by atoms with Gasteiger partial charge in [-0.1, -0.05) is 6.07 Å². The molecule has 2 aromatic rings. The molecule has 2 saturated heterocycles. The summed E-state index contributed by atoms with van der Waals surface area (Å²) in [6.07, 6.45) is 7.08. The van der Waals surface area contributed by atoms with Crippen LogP contribution < -0.4 is 10.1 Å². The summed E-state index contributed by atoms with van der Waals surface area (Å²) in [5.74, 6) is 0.973. The first-order chi connectivity index (χ1) is 10.4. The number of nitrogens with one attached hydrogen (secondary N) is 1. The molecule has 0 saturated carbocycles. The molecule has 2 aliphatic rings. The highest BCUT2D eigenvalue weighted by atomic mass is 16.5. The number of rotatable bonds is 3. The van der Waals surface area contributed by atoms with Crippen molar-refractivity contribution in [3.8, 4) is 17.0 Å². The fourth-order valence-corrected chi connectivity index (χ4v) is 3.53. The second-order valence-corrected chi connectivity index (χ2v) is 6.09. The predicted molar refractivity (Wildman–Crippen MR) is 83.3 cm³/mol. The number of benzene rings is 1. The van der Waals surface area contributed by atoms with Crippen LogP contribution in [0.25, 0.3) is 11.3 Å². The van der Waals surface area contributed by atoms with Crippen molar-refractivity contribution in [3.63, 3.8) is 0 Å². The van der Waals surface area contributed by atoms with Gasteiger partial charge >= 0.3 is 0 Å². The van der Waals surface area contributed by atoms with Crippen LogP contribution >= 0.6 is 0 Å². The maximum absolute atomic E-state index is 6.17. The Balaban J connectivity index is 1.45. The molecule has 2 fully saturated rings. The number of fused-ring (bicyclic) bond motifs is 2. The van der Waals surface area contributed by atoms with Gasteiger partial charge in [0.15, 0.2) is 0 Å². The first-order valence-electron chi connectivity index (χ1n) is 7.81. The van der Waals surface area contributed by atoms with Crippen LogP contribution in [0.3, 0.4) is 0 Å². The van der Waals surface area contributed by atoms with E-state index in [1.165, 1.54) is 12.8 Å². The lowest BCUT2D eigenvalue weighted by molar-refractivity contribution is 0.137. The molecule has 2 bridgehead atoms. The molecule has 2 atom stereocenters. The van der Waals surface area contributed by atoms with Crippen molar-refractivity contribution in [2.75, 3.05) is 0 Å². The molecule has 0 radical (unpaired) electrons. The fourth-order valence-electron chi connectivity index (χ4n) is 3.53. The molecule has 2 aliphatic heterocycles. The van der Waals surface area contributed by atoms with Crippen molar-refractivity contribution in [2.45, 2.75) is 43.9 Å². The second kappa shape index (κ2) is 5.49. The van der Waals surface area contributed by atoms with E-state index in [9.17, 15) is 0 Å². The fraction of sp³-hybridized carbons (Fsp3) is 0.389. The Morgan fingerprint density at radius 1 is 0.952 bits per heavy atom. The summed E-state index contributed by atoms with van der Waals surface area (Å²) >= 11 is 0. The molecule has 0 spiro atoms. The lowest BCUT2D eigenvalue weighted by Crippen LogP contribution is -2.42. The molecular formula is C18H20N2O. The van der Waals surface area contributed by atoms with Crippen LogP contribution in [0.15, 0.2) is 48.7 Å². The molecule has 1 aromatic heterocycles. The lowest BCUT2D eigenvalue weighted by atomic mass is 10.0. The van der Waals surface area contributed by atoms with E-state index in [1.54, 1.807) is 0 Å².